The number of rotatable bonds is 4. The van der Waals surface area contributed by atoms with E-state index in [0.717, 1.165) is 31.2 Å². The van der Waals surface area contributed by atoms with Crippen LogP contribution in [-0.4, -0.2) is 28.3 Å². The van der Waals surface area contributed by atoms with Crippen LogP contribution >= 0.6 is 0 Å². The van der Waals surface area contributed by atoms with E-state index in [4.69, 9.17) is 0 Å². The van der Waals surface area contributed by atoms with Gasteiger partial charge < -0.3 is 10.2 Å². The predicted molar refractivity (Wildman–Crippen MR) is 85.1 cm³/mol. The molecular formula is C18H23FN2O2. The summed E-state index contributed by atoms with van der Waals surface area (Å²) in [6.45, 7) is 3.57. The summed E-state index contributed by atoms with van der Waals surface area (Å²) >= 11 is 0. The minimum absolute atomic E-state index is 0.0362. The smallest absolute Gasteiger partial charge is 0.245 e. The van der Waals surface area contributed by atoms with Crippen molar-refractivity contribution in [2.24, 2.45) is 0 Å². The van der Waals surface area contributed by atoms with Crippen LogP contribution in [0.2, 0.25) is 0 Å². The number of hydrogen-bond acceptors (Lipinski definition) is 2. The molecule has 124 valence electrons. The van der Waals surface area contributed by atoms with Crippen LogP contribution in [0.15, 0.2) is 24.3 Å². The van der Waals surface area contributed by atoms with Crippen LogP contribution in [0.5, 0.6) is 0 Å². The van der Waals surface area contributed by atoms with Crippen LogP contribution in [0, 0.1) is 5.82 Å². The van der Waals surface area contributed by atoms with Gasteiger partial charge in [-0.2, -0.15) is 0 Å². The number of amides is 2. The molecule has 2 fully saturated rings. The molecule has 0 spiro atoms. The highest BCUT2D eigenvalue weighted by Crippen LogP contribution is 2.40. The third-order valence-electron chi connectivity index (χ3n) is 5.05. The monoisotopic (exact) mass is 318 g/mol. The number of hydrogen-bond donors (Lipinski definition) is 1. The Bertz CT molecular complexity index is 606. The lowest BCUT2D eigenvalue weighted by Crippen LogP contribution is -2.64. The number of nitrogens with zero attached hydrogens (tertiary/aromatic N) is 1. The van der Waals surface area contributed by atoms with Gasteiger partial charge in [-0.15, -0.1) is 0 Å². The van der Waals surface area contributed by atoms with Gasteiger partial charge in [0.1, 0.15) is 11.4 Å². The van der Waals surface area contributed by atoms with Crippen LogP contribution in [0.4, 0.5) is 4.39 Å². The van der Waals surface area contributed by atoms with E-state index >= 15 is 0 Å². The zero-order valence-corrected chi connectivity index (χ0v) is 13.6. The van der Waals surface area contributed by atoms with Crippen molar-refractivity contribution in [3.8, 4) is 0 Å². The summed E-state index contributed by atoms with van der Waals surface area (Å²) in [6, 6.07) is 6.22. The lowest BCUT2D eigenvalue weighted by molar-refractivity contribution is -0.162. The average Bonchev–Trinajstić information content (AvgIpc) is 2.98. The zero-order chi connectivity index (χ0) is 16.6. The number of carbonyl (C=O) groups is 2. The Morgan fingerprint density at radius 1 is 1.22 bits per heavy atom. The molecule has 1 saturated carbocycles. The highest BCUT2D eigenvalue weighted by Gasteiger charge is 2.49. The second-order valence-electron chi connectivity index (χ2n) is 7.05. The van der Waals surface area contributed by atoms with Gasteiger partial charge in [0.05, 0.1) is 12.5 Å². The fourth-order valence-electron chi connectivity index (χ4n) is 3.61. The highest BCUT2D eigenvalue weighted by molar-refractivity contribution is 5.94. The minimum atomic E-state index is -0.906. The maximum absolute atomic E-state index is 13.1. The number of nitrogens with one attached hydrogen (secondary N) is 1. The summed E-state index contributed by atoms with van der Waals surface area (Å²) in [5.74, 6) is -0.445. The fraction of sp³-hybridized carbons (Fsp3) is 0.556. The molecule has 4 nitrogen and oxygen atoms in total. The molecule has 1 unspecified atom stereocenters. The van der Waals surface area contributed by atoms with Crippen LogP contribution in [0.1, 0.15) is 57.6 Å². The minimum Gasteiger partial charge on any atom is -0.351 e. The standard InChI is InChI=1S/C18H23FN2O2/c1-18(2,17(23)20-14-5-3-4-6-14)21-15(11-16(21)22)12-7-9-13(19)10-8-12/h7-10,14-15H,3-6,11H2,1-2H3,(H,20,23). The number of β-lactam (4-membered cyclic amide) rings is 1. The zero-order valence-electron chi connectivity index (χ0n) is 13.6. The molecule has 0 aromatic heterocycles. The SMILES string of the molecule is CC(C)(C(=O)NC1CCCC1)N1C(=O)CC1c1ccc(F)cc1. The molecule has 1 aliphatic carbocycles. The van der Waals surface area contributed by atoms with E-state index in [1.165, 1.54) is 12.1 Å². The third kappa shape index (κ3) is 2.96. The van der Waals surface area contributed by atoms with Crippen molar-refractivity contribution in [1.29, 1.82) is 0 Å². The van der Waals surface area contributed by atoms with Crippen molar-refractivity contribution in [2.45, 2.75) is 63.6 Å². The number of likely N-dealkylation sites (tertiary alicyclic amines) is 1. The van der Waals surface area contributed by atoms with E-state index in [1.54, 1.807) is 30.9 Å². The molecule has 1 aliphatic heterocycles. The van der Waals surface area contributed by atoms with Crippen molar-refractivity contribution < 1.29 is 14.0 Å². The van der Waals surface area contributed by atoms with Gasteiger partial charge in [0, 0.05) is 6.04 Å². The van der Waals surface area contributed by atoms with E-state index in [0.29, 0.717) is 6.42 Å². The average molecular weight is 318 g/mol. The Kier molecular flexibility index (Phi) is 4.13. The molecule has 2 aliphatic rings. The van der Waals surface area contributed by atoms with Crippen LogP contribution in [0.25, 0.3) is 0 Å². The van der Waals surface area contributed by atoms with E-state index in [1.807, 2.05) is 0 Å². The normalized spacial score (nSPS) is 22.1. The van der Waals surface area contributed by atoms with Crippen molar-refractivity contribution in [3.63, 3.8) is 0 Å². The van der Waals surface area contributed by atoms with Crippen molar-refractivity contribution >= 4 is 11.8 Å². The van der Waals surface area contributed by atoms with E-state index in [-0.39, 0.29) is 29.7 Å². The largest absolute Gasteiger partial charge is 0.351 e. The van der Waals surface area contributed by atoms with Crippen molar-refractivity contribution in [3.05, 3.63) is 35.6 Å². The Balaban J connectivity index is 1.75. The molecule has 0 bridgehead atoms. The summed E-state index contributed by atoms with van der Waals surface area (Å²) in [7, 11) is 0. The Morgan fingerprint density at radius 2 is 1.83 bits per heavy atom. The summed E-state index contributed by atoms with van der Waals surface area (Å²) in [6.07, 6.45) is 4.68. The molecule has 1 heterocycles. The molecule has 1 N–H and O–H groups in total. The van der Waals surface area contributed by atoms with Crippen molar-refractivity contribution in [1.82, 2.24) is 10.2 Å². The van der Waals surface area contributed by atoms with Crippen molar-refractivity contribution in [2.75, 3.05) is 0 Å². The van der Waals surface area contributed by atoms with Gasteiger partial charge in [-0.05, 0) is 44.4 Å². The Hall–Kier alpha value is -1.91. The van der Waals surface area contributed by atoms with Crippen LogP contribution < -0.4 is 5.32 Å². The topological polar surface area (TPSA) is 49.4 Å². The van der Waals surface area contributed by atoms with E-state index < -0.39 is 5.54 Å². The summed E-state index contributed by atoms with van der Waals surface area (Å²) in [5, 5.41) is 3.08. The van der Waals surface area contributed by atoms with Gasteiger partial charge in [0.15, 0.2) is 0 Å². The van der Waals surface area contributed by atoms with E-state index in [2.05, 4.69) is 5.32 Å². The second-order valence-corrected chi connectivity index (χ2v) is 7.05. The predicted octanol–water partition coefficient (Wildman–Crippen LogP) is 2.94. The quantitative estimate of drug-likeness (QED) is 0.868. The summed E-state index contributed by atoms with van der Waals surface area (Å²) in [5.41, 5.74) is -0.0375. The molecule has 1 aromatic rings. The molecule has 1 atom stereocenters. The molecule has 0 radical (unpaired) electrons. The first-order chi connectivity index (χ1) is 10.9. The number of halogens is 1. The van der Waals surface area contributed by atoms with Gasteiger partial charge in [0.2, 0.25) is 11.8 Å². The van der Waals surface area contributed by atoms with Gasteiger partial charge in [-0.25, -0.2) is 4.39 Å². The Labute approximate surface area is 136 Å². The molecule has 5 heteroatoms. The first-order valence-electron chi connectivity index (χ1n) is 8.28. The fourth-order valence-corrected chi connectivity index (χ4v) is 3.61. The molecular weight excluding hydrogens is 295 g/mol. The molecule has 23 heavy (non-hydrogen) atoms. The second kappa shape index (κ2) is 5.95. The lowest BCUT2D eigenvalue weighted by Gasteiger charge is -2.49. The first kappa shape index (κ1) is 16.0. The number of carbonyl (C=O) groups excluding carboxylic acids is 2. The maximum Gasteiger partial charge on any atom is 0.245 e. The summed E-state index contributed by atoms with van der Waals surface area (Å²) < 4.78 is 13.1. The lowest BCUT2D eigenvalue weighted by atomic mass is 9.86. The van der Waals surface area contributed by atoms with Gasteiger partial charge in [-0.1, -0.05) is 25.0 Å². The maximum atomic E-state index is 13.1. The van der Waals surface area contributed by atoms with Crippen LogP contribution in [0.3, 0.4) is 0 Å². The molecule has 2 amide bonds. The first-order valence-corrected chi connectivity index (χ1v) is 8.28. The molecule has 3 rings (SSSR count). The van der Waals surface area contributed by atoms with Gasteiger partial charge in [-0.3, -0.25) is 9.59 Å². The summed E-state index contributed by atoms with van der Waals surface area (Å²) in [4.78, 5) is 26.4. The molecule has 1 saturated heterocycles. The van der Waals surface area contributed by atoms with Gasteiger partial charge in [0.25, 0.3) is 0 Å². The number of benzene rings is 1. The molecule has 1 aromatic carbocycles. The van der Waals surface area contributed by atoms with Crippen LogP contribution in [-0.2, 0) is 9.59 Å². The Morgan fingerprint density at radius 3 is 2.39 bits per heavy atom. The third-order valence-corrected chi connectivity index (χ3v) is 5.05. The van der Waals surface area contributed by atoms with E-state index in [9.17, 15) is 14.0 Å². The highest BCUT2D eigenvalue weighted by atomic mass is 19.1. The van der Waals surface area contributed by atoms with Gasteiger partial charge >= 0.3 is 0 Å².